The van der Waals surface area contributed by atoms with Crippen LogP contribution in [-0.4, -0.2) is 41.7 Å². The van der Waals surface area contributed by atoms with Gasteiger partial charge in [0, 0.05) is 43.7 Å². The molecule has 0 radical (unpaired) electrons. The van der Waals surface area contributed by atoms with Gasteiger partial charge in [0.2, 0.25) is 5.91 Å². The van der Waals surface area contributed by atoms with Crippen molar-refractivity contribution in [2.24, 2.45) is 28.7 Å². The molecule has 2 aromatic rings. The Balaban J connectivity index is 1.46. The van der Waals surface area contributed by atoms with E-state index in [4.69, 9.17) is 4.99 Å². The lowest BCUT2D eigenvalue weighted by molar-refractivity contribution is -0.132. The molecule has 0 aromatic heterocycles. The Morgan fingerprint density at radius 1 is 1.12 bits per heavy atom. The smallest absolute Gasteiger partial charge is 0.248 e. The summed E-state index contributed by atoms with van der Waals surface area (Å²) in [5.74, 6) is 1.94. The monoisotopic (exact) mass is 429 g/mol. The molecule has 4 aliphatic rings. The molecule has 4 heteroatoms. The van der Waals surface area contributed by atoms with Crippen LogP contribution in [0.3, 0.4) is 0 Å². The zero-order chi connectivity index (χ0) is 22.3. The van der Waals surface area contributed by atoms with E-state index in [1.54, 1.807) is 0 Å². The van der Waals surface area contributed by atoms with Crippen molar-refractivity contribution in [3.05, 3.63) is 71.3 Å². The first kappa shape index (κ1) is 21.4. The van der Waals surface area contributed by atoms with Crippen LogP contribution < -0.4 is 5.32 Å². The van der Waals surface area contributed by atoms with Gasteiger partial charge >= 0.3 is 0 Å². The standard InChI is InChI=1S/C28H35N3O/c1-19(2)17-31-18-23-14-28(27(32)29-15-22-7-5-4-6-8-22)25(26(31)24(23)16-30-28)13-21-11-9-20(3)10-12-21/h4-12,16,19,23-26H,13-15,17-18H2,1-3H3,(H,29,32)/t23-,24-,25+,26+,28+/m1/s1. The van der Waals surface area contributed by atoms with Gasteiger partial charge in [-0.2, -0.15) is 0 Å². The lowest BCUT2D eigenvalue weighted by Crippen LogP contribution is -2.64. The fourth-order valence-corrected chi connectivity index (χ4v) is 6.39. The Morgan fingerprint density at radius 3 is 2.59 bits per heavy atom. The van der Waals surface area contributed by atoms with Crippen molar-refractivity contribution in [2.75, 3.05) is 13.1 Å². The van der Waals surface area contributed by atoms with Crippen molar-refractivity contribution in [3.63, 3.8) is 0 Å². The van der Waals surface area contributed by atoms with Gasteiger partial charge in [-0.05, 0) is 42.7 Å². The highest BCUT2D eigenvalue weighted by atomic mass is 16.2. The minimum atomic E-state index is -0.657. The summed E-state index contributed by atoms with van der Waals surface area (Å²) in [6, 6.07) is 19.4. The molecule has 1 N–H and O–H groups in total. The molecular weight excluding hydrogens is 394 g/mol. The zero-order valence-corrected chi connectivity index (χ0v) is 19.5. The Kier molecular flexibility index (Phi) is 5.66. The molecule has 4 nitrogen and oxygen atoms in total. The Bertz CT molecular complexity index is 983. The van der Waals surface area contributed by atoms with Crippen LogP contribution in [0, 0.1) is 30.6 Å². The minimum Gasteiger partial charge on any atom is -0.350 e. The van der Waals surface area contributed by atoms with E-state index in [-0.39, 0.29) is 11.8 Å². The van der Waals surface area contributed by atoms with Crippen molar-refractivity contribution < 1.29 is 4.79 Å². The van der Waals surface area contributed by atoms with E-state index >= 15 is 0 Å². The average molecular weight is 430 g/mol. The van der Waals surface area contributed by atoms with Gasteiger partial charge in [0.05, 0.1) is 0 Å². The highest BCUT2D eigenvalue weighted by Gasteiger charge is 2.63. The van der Waals surface area contributed by atoms with Crippen LogP contribution in [0.1, 0.15) is 37.0 Å². The number of hydrogen-bond acceptors (Lipinski definition) is 3. The third-order valence-corrected chi connectivity index (χ3v) is 7.77. The van der Waals surface area contributed by atoms with E-state index in [0.717, 1.165) is 31.5 Å². The molecule has 3 aliphatic heterocycles. The first-order chi connectivity index (χ1) is 15.5. The summed E-state index contributed by atoms with van der Waals surface area (Å²) in [5.41, 5.74) is 3.06. The van der Waals surface area contributed by atoms with Crippen LogP contribution in [0.4, 0.5) is 0 Å². The summed E-state index contributed by atoms with van der Waals surface area (Å²) < 4.78 is 0. The van der Waals surface area contributed by atoms with Crippen LogP contribution in [-0.2, 0) is 17.8 Å². The average Bonchev–Trinajstić information content (AvgIpc) is 3.08. The quantitative estimate of drug-likeness (QED) is 0.714. The third-order valence-electron chi connectivity index (χ3n) is 7.77. The van der Waals surface area contributed by atoms with Gasteiger partial charge in [-0.15, -0.1) is 0 Å². The number of amides is 1. The number of likely N-dealkylation sites (tertiary alicyclic amines) is 1. The van der Waals surface area contributed by atoms with E-state index in [0.29, 0.717) is 30.3 Å². The van der Waals surface area contributed by atoms with Gasteiger partial charge < -0.3 is 5.32 Å². The molecule has 32 heavy (non-hydrogen) atoms. The Labute approximate surface area is 192 Å². The summed E-state index contributed by atoms with van der Waals surface area (Å²) in [6.07, 6.45) is 3.92. The molecule has 168 valence electrons. The molecule has 4 bridgehead atoms. The van der Waals surface area contributed by atoms with Gasteiger partial charge in [0.1, 0.15) is 5.54 Å². The number of aliphatic imine (C=N–C) groups is 1. The number of carbonyl (C=O) groups is 1. The predicted molar refractivity (Wildman–Crippen MR) is 130 cm³/mol. The molecular formula is C28H35N3O. The second-order valence-corrected chi connectivity index (χ2v) is 10.5. The molecule has 1 saturated heterocycles. The lowest BCUT2D eigenvalue weighted by atomic mass is 9.59. The number of hydrogen-bond donors (Lipinski definition) is 1. The molecule has 2 fully saturated rings. The lowest BCUT2D eigenvalue weighted by Gasteiger charge is -2.51. The summed E-state index contributed by atoms with van der Waals surface area (Å²) >= 11 is 0. The summed E-state index contributed by atoms with van der Waals surface area (Å²) in [7, 11) is 0. The maximum atomic E-state index is 13.8. The number of benzene rings is 2. The van der Waals surface area contributed by atoms with Crippen molar-refractivity contribution in [1.82, 2.24) is 10.2 Å². The van der Waals surface area contributed by atoms with Gasteiger partial charge in [-0.3, -0.25) is 14.7 Å². The predicted octanol–water partition coefficient (Wildman–Crippen LogP) is 4.27. The van der Waals surface area contributed by atoms with Crippen LogP contribution in [0.25, 0.3) is 0 Å². The maximum absolute atomic E-state index is 13.8. The largest absolute Gasteiger partial charge is 0.350 e. The van der Waals surface area contributed by atoms with Gasteiger partial charge in [0.25, 0.3) is 0 Å². The molecule has 3 heterocycles. The van der Waals surface area contributed by atoms with E-state index < -0.39 is 5.54 Å². The van der Waals surface area contributed by atoms with Crippen LogP contribution in [0.2, 0.25) is 0 Å². The molecule has 2 aromatic carbocycles. The molecule has 1 saturated carbocycles. The van der Waals surface area contributed by atoms with Gasteiger partial charge in [0.15, 0.2) is 0 Å². The van der Waals surface area contributed by atoms with Crippen LogP contribution in [0.5, 0.6) is 0 Å². The molecule has 1 aliphatic carbocycles. The van der Waals surface area contributed by atoms with E-state index in [9.17, 15) is 4.79 Å². The topological polar surface area (TPSA) is 44.7 Å². The van der Waals surface area contributed by atoms with Crippen molar-refractivity contribution in [3.8, 4) is 0 Å². The molecule has 0 spiro atoms. The van der Waals surface area contributed by atoms with E-state index in [1.807, 2.05) is 18.2 Å². The highest BCUT2D eigenvalue weighted by Crippen LogP contribution is 2.54. The molecule has 0 unspecified atom stereocenters. The second kappa shape index (κ2) is 8.47. The van der Waals surface area contributed by atoms with E-state index in [2.05, 4.69) is 73.6 Å². The van der Waals surface area contributed by atoms with Crippen molar-refractivity contribution in [1.29, 1.82) is 0 Å². The number of aryl methyl sites for hydroxylation is 1. The number of nitrogens with zero attached hydrogens (tertiary/aromatic N) is 2. The zero-order valence-electron chi connectivity index (χ0n) is 19.5. The van der Waals surface area contributed by atoms with E-state index in [1.165, 1.54) is 11.1 Å². The van der Waals surface area contributed by atoms with Crippen molar-refractivity contribution in [2.45, 2.75) is 51.7 Å². The fourth-order valence-electron chi connectivity index (χ4n) is 6.39. The third kappa shape index (κ3) is 3.79. The fraction of sp³-hybridized carbons (Fsp3) is 0.500. The highest BCUT2D eigenvalue weighted by molar-refractivity contribution is 5.91. The van der Waals surface area contributed by atoms with Gasteiger partial charge in [-0.1, -0.05) is 74.0 Å². The minimum absolute atomic E-state index is 0.106. The number of rotatable bonds is 7. The first-order valence-electron chi connectivity index (χ1n) is 12.1. The SMILES string of the molecule is Cc1ccc(C[C@H]2[C@@H]3[C@@H]4C=N[C@@]2(C(=O)NCc2ccccc2)C[C@@H]4CN3CC(C)C)cc1. The number of nitrogens with one attached hydrogen (secondary N) is 1. The normalized spacial score (nSPS) is 30.8. The number of carbonyl (C=O) groups excluding carboxylic acids is 1. The maximum Gasteiger partial charge on any atom is 0.248 e. The summed E-state index contributed by atoms with van der Waals surface area (Å²) in [4.78, 5) is 21.5. The van der Waals surface area contributed by atoms with Gasteiger partial charge in [-0.25, -0.2) is 0 Å². The van der Waals surface area contributed by atoms with Crippen LogP contribution >= 0.6 is 0 Å². The molecule has 6 rings (SSSR count). The molecule has 5 atom stereocenters. The second-order valence-electron chi connectivity index (χ2n) is 10.5. The Morgan fingerprint density at radius 2 is 1.88 bits per heavy atom. The first-order valence-corrected chi connectivity index (χ1v) is 12.1. The van der Waals surface area contributed by atoms with Crippen LogP contribution in [0.15, 0.2) is 59.6 Å². The summed E-state index contributed by atoms with van der Waals surface area (Å²) in [6.45, 7) is 9.47. The molecule has 1 amide bonds. The van der Waals surface area contributed by atoms with Crippen molar-refractivity contribution >= 4 is 12.1 Å². The summed E-state index contributed by atoms with van der Waals surface area (Å²) in [5, 5.41) is 3.26. The Hall–Kier alpha value is -2.46.